The van der Waals surface area contributed by atoms with Gasteiger partial charge >= 0.3 is 6.03 Å². The van der Waals surface area contributed by atoms with E-state index < -0.39 is 17.1 Å². The summed E-state index contributed by atoms with van der Waals surface area (Å²) >= 11 is -1.90. The average molecular weight is 427 g/mol. The van der Waals surface area contributed by atoms with Crippen LogP contribution >= 0.6 is 0 Å². The number of hydrazine groups is 1. The number of rotatable bonds is 8. The molecule has 2 amide bonds. The number of carbonyl (C=O) groups is 1. The highest BCUT2D eigenvalue weighted by molar-refractivity contribution is 7.80. The van der Waals surface area contributed by atoms with Gasteiger partial charge in [0, 0.05) is 0 Å². The molecule has 0 aliphatic carbocycles. The Hall–Kier alpha value is -3.60. The second-order valence-electron chi connectivity index (χ2n) is 6.30. The summed E-state index contributed by atoms with van der Waals surface area (Å²) in [6.45, 7) is 19.7. The third-order valence-corrected chi connectivity index (χ3v) is 4.84. The van der Waals surface area contributed by atoms with Crippen molar-refractivity contribution in [1.82, 2.24) is 10.7 Å². The zero-order valence-electron chi connectivity index (χ0n) is 16.7. The summed E-state index contributed by atoms with van der Waals surface area (Å²) in [4.78, 5) is 18.7. The molecule has 0 aliphatic rings. The van der Waals surface area contributed by atoms with E-state index in [1.807, 2.05) is 19.1 Å². The van der Waals surface area contributed by atoms with Crippen molar-refractivity contribution in [2.45, 2.75) is 31.8 Å². The van der Waals surface area contributed by atoms with Gasteiger partial charge in [-0.2, -0.15) is 0 Å². The lowest BCUT2D eigenvalue weighted by Gasteiger charge is -2.15. The van der Waals surface area contributed by atoms with Crippen LogP contribution in [-0.2, 0) is 15.3 Å². The number of carbonyl (C=O) groups excluding carboxylic acids is 1. The van der Waals surface area contributed by atoms with Gasteiger partial charge < -0.3 is 10.1 Å². The molecule has 30 heavy (non-hydrogen) atoms. The first-order valence-corrected chi connectivity index (χ1v) is 9.92. The van der Waals surface area contributed by atoms with Gasteiger partial charge in [0.25, 0.3) is 0 Å². The van der Waals surface area contributed by atoms with E-state index in [1.54, 1.807) is 26.0 Å². The standard InChI is InChI=1S/C20H21N5O4S/c1-13(2)29-30(27)19-11-17(22-5)16(21-4)10-18(19)24-25-20(26)23-12-28-15-8-6-14(3)7-9-15/h6-11,13,24H,12H2,1-3H3,(H2,23,25,26). The van der Waals surface area contributed by atoms with Crippen LogP contribution < -0.4 is 20.9 Å². The van der Waals surface area contributed by atoms with Gasteiger partial charge in [0.15, 0.2) is 29.2 Å². The predicted molar refractivity (Wildman–Crippen MR) is 114 cm³/mol. The molecule has 156 valence electrons. The second kappa shape index (κ2) is 10.8. The number of amides is 2. The van der Waals surface area contributed by atoms with E-state index >= 15 is 0 Å². The quantitative estimate of drug-likeness (QED) is 0.333. The van der Waals surface area contributed by atoms with Gasteiger partial charge in [0.1, 0.15) is 5.75 Å². The molecular weight excluding hydrogens is 406 g/mol. The lowest BCUT2D eigenvalue weighted by Crippen LogP contribution is -2.40. The Morgan fingerprint density at radius 3 is 2.37 bits per heavy atom. The Morgan fingerprint density at radius 1 is 1.13 bits per heavy atom. The van der Waals surface area contributed by atoms with Gasteiger partial charge in [-0.25, -0.2) is 9.00 Å². The van der Waals surface area contributed by atoms with E-state index in [2.05, 4.69) is 25.9 Å². The summed E-state index contributed by atoms with van der Waals surface area (Å²) in [6.07, 6.45) is -0.328. The molecule has 2 rings (SSSR count). The van der Waals surface area contributed by atoms with Crippen molar-refractivity contribution < 1.29 is 17.9 Å². The zero-order valence-corrected chi connectivity index (χ0v) is 17.5. The van der Waals surface area contributed by atoms with Crippen molar-refractivity contribution in [2.75, 3.05) is 12.2 Å². The molecule has 2 aromatic carbocycles. The van der Waals surface area contributed by atoms with Crippen LogP contribution in [0.15, 0.2) is 41.3 Å². The first kappa shape index (κ1) is 22.7. The molecule has 0 heterocycles. The Bertz CT molecular complexity index is 1010. The highest BCUT2D eigenvalue weighted by atomic mass is 32.2. The number of benzene rings is 2. The van der Waals surface area contributed by atoms with E-state index in [0.717, 1.165) is 5.56 Å². The molecule has 0 spiro atoms. The van der Waals surface area contributed by atoms with Crippen molar-refractivity contribution in [3.8, 4) is 5.75 Å². The lowest BCUT2D eigenvalue weighted by molar-refractivity contribution is 0.225. The van der Waals surface area contributed by atoms with Crippen molar-refractivity contribution in [3.05, 3.63) is 64.8 Å². The third-order valence-electron chi connectivity index (χ3n) is 3.58. The van der Waals surface area contributed by atoms with E-state index in [0.29, 0.717) is 5.75 Å². The highest BCUT2D eigenvalue weighted by Gasteiger charge is 2.17. The fourth-order valence-corrected chi connectivity index (χ4v) is 3.14. The molecule has 0 bridgehead atoms. The van der Waals surface area contributed by atoms with Gasteiger partial charge in [0.2, 0.25) is 0 Å². The van der Waals surface area contributed by atoms with Gasteiger partial charge in [-0.05, 0) is 45.0 Å². The lowest BCUT2D eigenvalue weighted by atomic mass is 10.2. The minimum atomic E-state index is -1.90. The summed E-state index contributed by atoms with van der Waals surface area (Å²) in [6, 6.07) is 9.38. The van der Waals surface area contributed by atoms with E-state index in [-0.39, 0.29) is 34.8 Å². The molecule has 9 nitrogen and oxygen atoms in total. The fourth-order valence-electron chi connectivity index (χ4n) is 2.19. The van der Waals surface area contributed by atoms with Crippen LogP contribution in [0.25, 0.3) is 9.69 Å². The molecule has 1 unspecified atom stereocenters. The molecule has 0 fully saturated rings. The number of urea groups is 1. The first-order chi connectivity index (χ1) is 14.3. The summed E-state index contributed by atoms with van der Waals surface area (Å²) in [7, 11) is 0. The van der Waals surface area contributed by atoms with Crippen molar-refractivity contribution in [3.63, 3.8) is 0 Å². The Balaban J connectivity index is 2.04. The first-order valence-electron chi connectivity index (χ1n) is 8.85. The minimum Gasteiger partial charge on any atom is -0.473 e. The van der Waals surface area contributed by atoms with Crippen LogP contribution in [0.2, 0.25) is 0 Å². The molecule has 10 heteroatoms. The summed E-state index contributed by atoms with van der Waals surface area (Å²) < 4.78 is 23.2. The average Bonchev–Trinajstić information content (AvgIpc) is 2.72. The maximum absolute atomic E-state index is 12.5. The van der Waals surface area contributed by atoms with Gasteiger partial charge in [0.05, 0.1) is 29.8 Å². The van der Waals surface area contributed by atoms with Gasteiger partial charge in [-0.1, -0.05) is 17.7 Å². The second-order valence-corrected chi connectivity index (χ2v) is 7.40. The highest BCUT2D eigenvalue weighted by Crippen LogP contribution is 2.36. The van der Waals surface area contributed by atoms with Crippen molar-refractivity contribution in [1.29, 1.82) is 0 Å². The maximum atomic E-state index is 12.5. The zero-order chi connectivity index (χ0) is 22.1. The van der Waals surface area contributed by atoms with Gasteiger partial charge in [-0.15, -0.1) is 0 Å². The van der Waals surface area contributed by atoms with E-state index in [1.165, 1.54) is 12.1 Å². The van der Waals surface area contributed by atoms with E-state index in [4.69, 9.17) is 22.1 Å². The molecule has 0 saturated carbocycles. The maximum Gasteiger partial charge on any atom is 0.336 e. The minimum absolute atomic E-state index is 0.0437. The van der Waals surface area contributed by atoms with Crippen LogP contribution in [0.1, 0.15) is 19.4 Å². The molecule has 0 aromatic heterocycles. The molecule has 1 atom stereocenters. The monoisotopic (exact) mass is 427 g/mol. The molecule has 3 N–H and O–H groups in total. The SMILES string of the molecule is [C-]#[N+]c1cc(NNC(=O)NCOc2ccc(C)cc2)c(S(=O)OC(C)C)cc1[N+]#[C-]. The normalized spacial score (nSPS) is 11.1. The number of hydrogen-bond donors (Lipinski definition) is 3. The number of anilines is 1. The van der Waals surface area contributed by atoms with Crippen molar-refractivity contribution >= 4 is 34.2 Å². The van der Waals surface area contributed by atoms with Crippen molar-refractivity contribution in [2.24, 2.45) is 0 Å². The molecule has 0 aliphatic heterocycles. The summed E-state index contributed by atoms with van der Waals surface area (Å²) in [5, 5.41) is 2.50. The fraction of sp³-hybridized carbons (Fsp3) is 0.250. The molecule has 0 radical (unpaired) electrons. The summed E-state index contributed by atoms with van der Waals surface area (Å²) in [5.41, 5.74) is 6.37. The largest absolute Gasteiger partial charge is 0.473 e. The Morgan fingerprint density at radius 2 is 1.77 bits per heavy atom. The molecular formula is C20H21N5O4S. The number of ether oxygens (including phenoxy) is 1. The number of aryl methyl sites for hydroxylation is 1. The number of nitrogens with zero attached hydrogens (tertiary/aromatic N) is 2. The Kier molecular flexibility index (Phi) is 8.18. The number of nitrogens with one attached hydrogen (secondary N) is 3. The number of hydrogen-bond acceptors (Lipinski definition) is 5. The molecule has 2 aromatic rings. The summed E-state index contributed by atoms with van der Waals surface area (Å²) in [5.74, 6) is 0.605. The smallest absolute Gasteiger partial charge is 0.336 e. The van der Waals surface area contributed by atoms with Crippen LogP contribution in [-0.4, -0.2) is 23.1 Å². The third kappa shape index (κ3) is 6.48. The predicted octanol–water partition coefficient (Wildman–Crippen LogP) is 4.21. The Labute approximate surface area is 177 Å². The van der Waals surface area contributed by atoms with Crippen LogP contribution in [0.3, 0.4) is 0 Å². The topological polar surface area (TPSA) is 97.4 Å². The molecule has 0 saturated heterocycles. The van der Waals surface area contributed by atoms with Gasteiger partial charge in [-0.3, -0.25) is 24.7 Å². The van der Waals surface area contributed by atoms with E-state index in [9.17, 15) is 9.00 Å². The van der Waals surface area contributed by atoms with Crippen LogP contribution in [0.4, 0.5) is 21.9 Å². The van der Waals surface area contributed by atoms with Crippen LogP contribution in [0.5, 0.6) is 5.75 Å². The van der Waals surface area contributed by atoms with Crippen LogP contribution in [0, 0.1) is 20.1 Å².